The Balaban J connectivity index is 1.30. The lowest BCUT2D eigenvalue weighted by atomic mass is 10.0. The fourth-order valence-electron chi connectivity index (χ4n) is 4.26. The first-order valence-corrected chi connectivity index (χ1v) is 12.4. The van der Waals surface area contributed by atoms with E-state index in [-0.39, 0.29) is 11.9 Å². The van der Waals surface area contributed by atoms with Crippen LogP contribution in [0.4, 0.5) is 5.82 Å². The Morgan fingerprint density at radius 2 is 1.74 bits per heavy atom. The number of halogens is 2. The standard InChI is InChI=1S/C27H30Cl2N4O/c1-20-8-10-21(11-9-20)19-33(25-7-2-3-14-30-25)18-17-32-15-12-22(13-16-32)31-27(34)26-23(28)5-4-6-24(26)29/h2-11,14,22H,12-13,15-19H2,1H3,(H,31,34). The van der Waals surface area contributed by atoms with Crippen LogP contribution in [-0.2, 0) is 6.54 Å². The third-order valence-electron chi connectivity index (χ3n) is 6.27. The topological polar surface area (TPSA) is 48.5 Å². The number of hydrogen-bond donors (Lipinski definition) is 1. The number of nitrogens with zero attached hydrogens (tertiary/aromatic N) is 3. The number of nitrogens with one attached hydrogen (secondary N) is 1. The van der Waals surface area contributed by atoms with Crippen molar-refractivity contribution in [3.63, 3.8) is 0 Å². The summed E-state index contributed by atoms with van der Waals surface area (Å²) in [7, 11) is 0. The number of aryl methyl sites for hydroxylation is 1. The van der Waals surface area contributed by atoms with Crippen LogP contribution in [-0.4, -0.2) is 48.0 Å². The van der Waals surface area contributed by atoms with Crippen LogP contribution in [0.25, 0.3) is 0 Å². The minimum absolute atomic E-state index is 0.121. The van der Waals surface area contributed by atoms with Crippen LogP contribution in [0.1, 0.15) is 34.3 Å². The van der Waals surface area contributed by atoms with Crippen molar-refractivity contribution in [1.29, 1.82) is 0 Å². The summed E-state index contributed by atoms with van der Waals surface area (Å²) in [5.74, 6) is 0.787. The molecule has 0 atom stereocenters. The molecule has 0 aliphatic carbocycles. The molecule has 178 valence electrons. The molecule has 0 radical (unpaired) electrons. The molecular weight excluding hydrogens is 467 g/mol. The lowest BCUT2D eigenvalue weighted by molar-refractivity contribution is 0.0912. The van der Waals surface area contributed by atoms with Crippen molar-refractivity contribution < 1.29 is 4.79 Å². The van der Waals surface area contributed by atoms with Crippen molar-refractivity contribution >= 4 is 34.9 Å². The second-order valence-electron chi connectivity index (χ2n) is 8.78. The van der Waals surface area contributed by atoms with E-state index in [0.29, 0.717) is 15.6 Å². The summed E-state index contributed by atoms with van der Waals surface area (Å²) in [5.41, 5.74) is 2.89. The van der Waals surface area contributed by atoms with E-state index in [9.17, 15) is 4.79 Å². The largest absolute Gasteiger partial charge is 0.351 e. The number of anilines is 1. The summed E-state index contributed by atoms with van der Waals surface area (Å²) in [5, 5.41) is 3.87. The molecule has 1 fully saturated rings. The number of hydrogen-bond acceptors (Lipinski definition) is 4. The first kappa shape index (κ1) is 24.5. The zero-order chi connectivity index (χ0) is 23.9. The molecule has 0 bridgehead atoms. The van der Waals surface area contributed by atoms with E-state index < -0.39 is 0 Å². The smallest absolute Gasteiger partial charge is 0.254 e. The van der Waals surface area contributed by atoms with Crippen LogP contribution < -0.4 is 10.2 Å². The van der Waals surface area contributed by atoms with Crippen molar-refractivity contribution in [2.24, 2.45) is 0 Å². The maximum absolute atomic E-state index is 12.7. The second-order valence-corrected chi connectivity index (χ2v) is 9.60. The molecule has 1 N–H and O–H groups in total. The predicted octanol–water partition coefficient (Wildman–Crippen LogP) is 5.60. The molecular formula is C27H30Cl2N4O. The third-order valence-corrected chi connectivity index (χ3v) is 6.90. The summed E-state index contributed by atoms with van der Waals surface area (Å²) in [6.07, 6.45) is 3.64. The molecule has 1 amide bonds. The molecule has 0 saturated carbocycles. The summed E-state index contributed by atoms with van der Waals surface area (Å²) in [4.78, 5) is 22.1. The molecule has 1 aliphatic heterocycles. The van der Waals surface area contributed by atoms with Gasteiger partial charge in [-0.1, -0.05) is 65.2 Å². The predicted molar refractivity (Wildman–Crippen MR) is 140 cm³/mol. The minimum Gasteiger partial charge on any atom is -0.351 e. The number of piperidine rings is 1. The molecule has 1 aromatic heterocycles. The fourth-order valence-corrected chi connectivity index (χ4v) is 4.83. The van der Waals surface area contributed by atoms with Gasteiger partial charge in [-0.3, -0.25) is 4.79 Å². The molecule has 34 heavy (non-hydrogen) atoms. The Morgan fingerprint density at radius 1 is 1.03 bits per heavy atom. The molecule has 0 spiro atoms. The van der Waals surface area contributed by atoms with Gasteiger partial charge in [0.1, 0.15) is 5.82 Å². The van der Waals surface area contributed by atoms with Crippen molar-refractivity contribution in [1.82, 2.24) is 15.2 Å². The monoisotopic (exact) mass is 496 g/mol. The molecule has 3 aromatic rings. The third kappa shape index (κ3) is 6.50. The number of carbonyl (C=O) groups excluding carboxylic acids is 1. The van der Waals surface area contributed by atoms with Gasteiger partial charge in [-0.2, -0.15) is 0 Å². The number of benzene rings is 2. The quantitative estimate of drug-likeness (QED) is 0.440. The van der Waals surface area contributed by atoms with E-state index in [1.54, 1.807) is 18.2 Å². The Bertz CT molecular complexity index is 1060. The average molecular weight is 497 g/mol. The number of aromatic nitrogens is 1. The number of carbonyl (C=O) groups is 1. The first-order chi connectivity index (χ1) is 16.5. The van der Waals surface area contributed by atoms with Crippen LogP contribution in [0.5, 0.6) is 0 Å². The minimum atomic E-state index is -0.200. The second kappa shape index (κ2) is 11.7. The van der Waals surface area contributed by atoms with E-state index in [1.165, 1.54) is 11.1 Å². The number of rotatable bonds is 8. The zero-order valence-corrected chi connectivity index (χ0v) is 20.9. The number of pyridine rings is 1. The van der Waals surface area contributed by atoms with Gasteiger partial charge in [0, 0.05) is 45.0 Å². The van der Waals surface area contributed by atoms with Crippen LogP contribution >= 0.6 is 23.2 Å². The Kier molecular flexibility index (Phi) is 8.44. The van der Waals surface area contributed by atoms with Crippen molar-refractivity contribution in [2.75, 3.05) is 31.1 Å². The number of likely N-dealkylation sites (tertiary alicyclic amines) is 1. The van der Waals surface area contributed by atoms with Gasteiger partial charge in [-0.05, 0) is 49.6 Å². The van der Waals surface area contributed by atoms with Gasteiger partial charge in [-0.25, -0.2) is 4.98 Å². The number of amides is 1. The van der Waals surface area contributed by atoms with E-state index in [0.717, 1.165) is 51.4 Å². The van der Waals surface area contributed by atoms with Crippen molar-refractivity contribution in [3.8, 4) is 0 Å². The molecule has 0 unspecified atom stereocenters. The normalized spacial score (nSPS) is 14.7. The molecule has 2 aromatic carbocycles. The van der Waals surface area contributed by atoms with Gasteiger partial charge in [0.25, 0.3) is 5.91 Å². The van der Waals surface area contributed by atoms with Crippen LogP contribution in [0.2, 0.25) is 10.0 Å². The van der Waals surface area contributed by atoms with E-state index in [2.05, 4.69) is 57.4 Å². The molecule has 2 heterocycles. The highest BCUT2D eigenvalue weighted by molar-refractivity contribution is 6.39. The van der Waals surface area contributed by atoms with E-state index in [4.69, 9.17) is 23.2 Å². The summed E-state index contributed by atoms with van der Waals surface area (Å²) in [6.45, 7) is 6.62. The van der Waals surface area contributed by atoms with Gasteiger partial charge in [0.15, 0.2) is 0 Å². The molecule has 4 rings (SSSR count). The summed E-state index contributed by atoms with van der Waals surface area (Å²) in [6, 6.07) is 20.0. The first-order valence-electron chi connectivity index (χ1n) is 11.7. The van der Waals surface area contributed by atoms with Crippen LogP contribution in [0, 0.1) is 6.92 Å². The van der Waals surface area contributed by atoms with Gasteiger partial charge in [-0.15, -0.1) is 0 Å². The Labute approximate surface area is 211 Å². The van der Waals surface area contributed by atoms with Crippen LogP contribution in [0.3, 0.4) is 0 Å². The highest BCUT2D eigenvalue weighted by atomic mass is 35.5. The Morgan fingerprint density at radius 3 is 2.38 bits per heavy atom. The highest BCUT2D eigenvalue weighted by Gasteiger charge is 2.23. The van der Waals surface area contributed by atoms with E-state index in [1.807, 2.05) is 18.3 Å². The maximum Gasteiger partial charge on any atom is 0.254 e. The fraction of sp³-hybridized carbons (Fsp3) is 0.333. The van der Waals surface area contributed by atoms with Gasteiger partial charge in [0.05, 0.1) is 15.6 Å². The summed E-state index contributed by atoms with van der Waals surface area (Å²) >= 11 is 12.4. The van der Waals surface area contributed by atoms with E-state index >= 15 is 0 Å². The molecule has 7 heteroatoms. The molecule has 1 saturated heterocycles. The lowest BCUT2D eigenvalue weighted by Crippen LogP contribution is -2.46. The van der Waals surface area contributed by atoms with Crippen LogP contribution in [0.15, 0.2) is 66.9 Å². The van der Waals surface area contributed by atoms with Gasteiger partial charge in [0.2, 0.25) is 0 Å². The highest BCUT2D eigenvalue weighted by Crippen LogP contribution is 2.25. The maximum atomic E-state index is 12.7. The summed E-state index contributed by atoms with van der Waals surface area (Å²) < 4.78 is 0. The Hall–Kier alpha value is -2.60. The SMILES string of the molecule is Cc1ccc(CN(CCN2CCC(NC(=O)c3c(Cl)cccc3Cl)CC2)c2ccccn2)cc1. The van der Waals surface area contributed by atoms with Crippen molar-refractivity contribution in [2.45, 2.75) is 32.4 Å². The molecule has 5 nitrogen and oxygen atoms in total. The average Bonchev–Trinajstić information content (AvgIpc) is 2.84. The lowest BCUT2D eigenvalue weighted by Gasteiger charge is -2.34. The van der Waals surface area contributed by atoms with Gasteiger partial charge < -0.3 is 15.1 Å². The zero-order valence-electron chi connectivity index (χ0n) is 19.4. The van der Waals surface area contributed by atoms with Crippen molar-refractivity contribution in [3.05, 3.63) is 93.6 Å². The molecule has 1 aliphatic rings. The van der Waals surface area contributed by atoms with Gasteiger partial charge >= 0.3 is 0 Å².